The standard InChI is InChI=1S/C29H30ClF4N3O2/c1-19(28(38)35-17-20-3-7-24(30)8-4-20)39-27-10-6-21(15-23(27)18-37-13-11-36(2)12-14-37)22-5-9-26(31)25(16-22)29(32,33)34/h3-10,15-16,19H,11-14,17-18H2,1-2H3,(H,35,38). The molecular formula is C29H30ClF4N3O2. The summed E-state index contributed by atoms with van der Waals surface area (Å²) in [7, 11) is 2.05. The van der Waals surface area contributed by atoms with Crippen molar-refractivity contribution in [2.45, 2.75) is 32.3 Å². The van der Waals surface area contributed by atoms with Gasteiger partial charge in [-0.2, -0.15) is 13.2 Å². The highest BCUT2D eigenvalue weighted by Crippen LogP contribution is 2.35. The lowest BCUT2D eigenvalue weighted by Gasteiger charge is -2.33. The highest BCUT2D eigenvalue weighted by atomic mass is 35.5. The summed E-state index contributed by atoms with van der Waals surface area (Å²) in [6, 6.07) is 15.1. The third kappa shape index (κ3) is 7.71. The van der Waals surface area contributed by atoms with Gasteiger partial charge in [0.25, 0.3) is 5.91 Å². The maximum Gasteiger partial charge on any atom is 0.419 e. The first-order valence-electron chi connectivity index (χ1n) is 12.6. The number of hydrogen-bond donors (Lipinski definition) is 1. The molecule has 3 aromatic carbocycles. The Morgan fingerprint density at radius 3 is 2.31 bits per heavy atom. The molecule has 0 aliphatic carbocycles. The Hall–Kier alpha value is -3.14. The highest BCUT2D eigenvalue weighted by molar-refractivity contribution is 6.30. The summed E-state index contributed by atoms with van der Waals surface area (Å²) in [5.74, 6) is -1.17. The second-order valence-corrected chi connectivity index (χ2v) is 10.1. The topological polar surface area (TPSA) is 44.8 Å². The number of ether oxygens (including phenoxy) is 1. The van der Waals surface area contributed by atoms with Crippen molar-refractivity contribution >= 4 is 17.5 Å². The fourth-order valence-electron chi connectivity index (χ4n) is 4.35. The van der Waals surface area contributed by atoms with Gasteiger partial charge in [0.2, 0.25) is 0 Å². The number of alkyl halides is 3. The van der Waals surface area contributed by atoms with Crippen molar-refractivity contribution in [2.24, 2.45) is 0 Å². The van der Waals surface area contributed by atoms with E-state index in [1.165, 1.54) is 6.07 Å². The number of nitrogens with one attached hydrogen (secondary N) is 1. The highest BCUT2D eigenvalue weighted by Gasteiger charge is 2.34. The van der Waals surface area contributed by atoms with Crippen LogP contribution in [-0.4, -0.2) is 55.0 Å². The van der Waals surface area contributed by atoms with Crippen LogP contribution in [0.3, 0.4) is 0 Å². The third-order valence-electron chi connectivity index (χ3n) is 6.71. The molecule has 3 aromatic rings. The van der Waals surface area contributed by atoms with Gasteiger partial charge in [-0.3, -0.25) is 9.69 Å². The molecule has 1 aliphatic heterocycles. The van der Waals surface area contributed by atoms with Gasteiger partial charge in [0.05, 0.1) is 5.56 Å². The lowest BCUT2D eigenvalue weighted by Crippen LogP contribution is -2.44. The molecule has 0 radical (unpaired) electrons. The quantitative estimate of drug-likeness (QED) is 0.342. The molecular weight excluding hydrogens is 534 g/mol. The largest absolute Gasteiger partial charge is 0.481 e. The second-order valence-electron chi connectivity index (χ2n) is 9.70. The van der Waals surface area contributed by atoms with E-state index in [1.807, 2.05) is 19.2 Å². The number of carbonyl (C=O) groups is 1. The molecule has 1 atom stereocenters. The van der Waals surface area contributed by atoms with E-state index in [2.05, 4.69) is 15.1 Å². The molecule has 0 aromatic heterocycles. The summed E-state index contributed by atoms with van der Waals surface area (Å²) in [5, 5.41) is 3.45. The zero-order valence-electron chi connectivity index (χ0n) is 21.7. The Labute approximate surface area is 230 Å². The molecule has 4 rings (SSSR count). The van der Waals surface area contributed by atoms with E-state index >= 15 is 0 Å². The van der Waals surface area contributed by atoms with Crippen LogP contribution in [0, 0.1) is 5.82 Å². The van der Waals surface area contributed by atoms with Gasteiger partial charge in [0, 0.05) is 49.9 Å². The molecule has 0 saturated carbocycles. The molecule has 208 valence electrons. The van der Waals surface area contributed by atoms with Gasteiger partial charge in [-0.1, -0.05) is 35.9 Å². The number of piperazine rings is 1. The second kappa shape index (κ2) is 12.4. The molecule has 1 N–H and O–H groups in total. The summed E-state index contributed by atoms with van der Waals surface area (Å²) < 4.78 is 59.9. The first-order chi connectivity index (χ1) is 18.5. The van der Waals surface area contributed by atoms with Crippen LogP contribution >= 0.6 is 11.6 Å². The molecule has 0 spiro atoms. The Kier molecular flexibility index (Phi) is 9.15. The van der Waals surface area contributed by atoms with Gasteiger partial charge in [-0.15, -0.1) is 0 Å². The zero-order chi connectivity index (χ0) is 28.2. The number of nitrogens with zero attached hydrogens (tertiary/aromatic N) is 2. The van der Waals surface area contributed by atoms with E-state index in [-0.39, 0.29) is 11.5 Å². The molecule has 39 heavy (non-hydrogen) atoms. The molecule has 1 amide bonds. The number of hydrogen-bond acceptors (Lipinski definition) is 4. The van der Waals surface area contributed by atoms with Gasteiger partial charge >= 0.3 is 6.18 Å². The van der Waals surface area contributed by atoms with Gasteiger partial charge in [0.15, 0.2) is 6.10 Å². The van der Waals surface area contributed by atoms with Crippen LogP contribution in [-0.2, 0) is 24.1 Å². The normalized spacial score (nSPS) is 15.7. The van der Waals surface area contributed by atoms with Crippen molar-refractivity contribution in [2.75, 3.05) is 33.2 Å². The monoisotopic (exact) mass is 563 g/mol. The van der Waals surface area contributed by atoms with Crippen LogP contribution in [0.2, 0.25) is 5.02 Å². The van der Waals surface area contributed by atoms with Crippen molar-refractivity contribution in [3.63, 3.8) is 0 Å². The van der Waals surface area contributed by atoms with Crippen LogP contribution in [0.5, 0.6) is 5.75 Å². The van der Waals surface area contributed by atoms with Crippen molar-refractivity contribution in [1.29, 1.82) is 0 Å². The molecule has 10 heteroatoms. The maximum absolute atomic E-state index is 13.9. The predicted molar refractivity (Wildman–Crippen MR) is 143 cm³/mol. The van der Waals surface area contributed by atoms with Crippen molar-refractivity contribution in [3.05, 3.63) is 88.2 Å². The molecule has 0 bridgehead atoms. The number of carbonyl (C=O) groups excluding carboxylic acids is 1. The average molecular weight is 564 g/mol. The Balaban J connectivity index is 1.55. The first kappa shape index (κ1) is 28.9. The van der Waals surface area contributed by atoms with E-state index in [0.29, 0.717) is 29.4 Å². The van der Waals surface area contributed by atoms with Gasteiger partial charge < -0.3 is 15.0 Å². The number of amides is 1. The van der Waals surface area contributed by atoms with E-state index in [1.54, 1.807) is 37.3 Å². The minimum atomic E-state index is -4.80. The van der Waals surface area contributed by atoms with Gasteiger partial charge in [-0.05, 0) is 67.1 Å². The average Bonchev–Trinajstić information content (AvgIpc) is 2.90. The first-order valence-corrected chi connectivity index (χ1v) is 13.0. The lowest BCUT2D eigenvalue weighted by molar-refractivity contribution is -0.140. The SMILES string of the molecule is CC(Oc1ccc(-c2ccc(F)c(C(F)(F)F)c2)cc1CN1CCN(C)CC1)C(=O)NCc1ccc(Cl)cc1. The fraction of sp³-hybridized carbons (Fsp3) is 0.345. The maximum atomic E-state index is 13.9. The number of likely N-dealkylation sites (N-methyl/N-ethyl adjacent to an activating group) is 1. The number of halogens is 5. The lowest BCUT2D eigenvalue weighted by atomic mass is 9.99. The van der Waals surface area contributed by atoms with Crippen LogP contribution < -0.4 is 10.1 Å². The summed E-state index contributed by atoms with van der Waals surface area (Å²) >= 11 is 5.91. The van der Waals surface area contributed by atoms with Crippen molar-refractivity contribution < 1.29 is 27.1 Å². The van der Waals surface area contributed by atoms with Gasteiger partial charge in [-0.25, -0.2) is 4.39 Å². The molecule has 1 saturated heterocycles. The summed E-state index contributed by atoms with van der Waals surface area (Å²) in [6.45, 7) is 5.82. The summed E-state index contributed by atoms with van der Waals surface area (Å²) in [5.41, 5.74) is 1.04. The van der Waals surface area contributed by atoms with Gasteiger partial charge in [0.1, 0.15) is 11.6 Å². The third-order valence-corrected chi connectivity index (χ3v) is 6.96. The molecule has 1 unspecified atom stereocenters. The molecule has 1 heterocycles. The predicted octanol–water partition coefficient (Wildman–Crippen LogP) is 6.00. The van der Waals surface area contributed by atoms with Crippen LogP contribution in [0.15, 0.2) is 60.7 Å². The summed E-state index contributed by atoms with van der Waals surface area (Å²) in [6.07, 6.45) is -5.63. The Bertz CT molecular complexity index is 1290. The van der Waals surface area contributed by atoms with Crippen LogP contribution in [0.25, 0.3) is 11.1 Å². The van der Waals surface area contributed by atoms with E-state index in [0.717, 1.165) is 49.4 Å². The Morgan fingerprint density at radius 2 is 1.64 bits per heavy atom. The van der Waals surface area contributed by atoms with E-state index in [9.17, 15) is 22.4 Å². The number of benzene rings is 3. The zero-order valence-corrected chi connectivity index (χ0v) is 22.5. The van der Waals surface area contributed by atoms with Crippen molar-refractivity contribution in [3.8, 4) is 16.9 Å². The smallest absolute Gasteiger partial charge is 0.419 e. The number of rotatable bonds is 8. The molecule has 1 aliphatic rings. The van der Waals surface area contributed by atoms with E-state index < -0.39 is 23.7 Å². The minimum Gasteiger partial charge on any atom is -0.481 e. The van der Waals surface area contributed by atoms with Crippen LogP contribution in [0.4, 0.5) is 17.6 Å². The van der Waals surface area contributed by atoms with Crippen molar-refractivity contribution in [1.82, 2.24) is 15.1 Å². The molecule has 5 nitrogen and oxygen atoms in total. The van der Waals surface area contributed by atoms with E-state index in [4.69, 9.17) is 16.3 Å². The fourth-order valence-corrected chi connectivity index (χ4v) is 4.47. The Morgan fingerprint density at radius 1 is 1.00 bits per heavy atom. The van der Waals surface area contributed by atoms with Crippen LogP contribution in [0.1, 0.15) is 23.6 Å². The summed E-state index contributed by atoms with van der Waals surface area (Å²) in [4.78, 5) is 17.2. The minimum absolute atomic E-state index is 0.239. The molecule has 1 fully saturated rings.